The van der Waals surface area contributed by atoms with Crippen LogP contribution in [-0.4, -0.2) is 17.1 Å². The van der Waals surface area contributed by atoms with Crippen LogP contribution in [0, 0.1) is 0 Å². The smallest absolute Gasteiger partial charge is 0.330 e. The molecule has 0 radical (unpaired) electrons. The number of amides is 2. The van der Waals surface area contributed by atoms with Crippen LogP contribution < -0.4 is 11.1 Å². The van der Waals surface area contributed by atoms with Gasteiger partial charge in [0.2, 0.25) is 0 Å². The quantitative estimate of drug-likeness (QED) is 0.462. The lowest BCUT2D eigenvalue weighted by atomic mass is 10.4. The third-order valence-electron chi connectivity index (χ3n) is 0.660. The minimum Gasteiger partial charge on any atom is -0.478 e. The Kier molecular flexibility index (Phi) is 2.96. The van der Waals surface area contributed by atoms with E-state index >= 15 is 0 Å². The zero-order chi connectivity index (χ0) is 8.15. The van der Waals surface area contributed by atoms with Crippen LogP contribution in [0.2, 0.25) is 0 Å². The summed E-state index contributed by atoms with van der Waals surface area (Å²) in [7, 11) is 0. The molecule has 4 N–H and O–H groups in total. The van der Waals surface area contributed by atoms with E-state index in [0.717, 1.165) is 6.08 Å². The van der Waals surface area contributed by atoms with Gasteiger partial charge in [-0.2, -0.15) is 0 Å². The molecule has 5 heteroatoms. The molecule has 0 aromatic heterocycles. The fourth-order valence-electron chi connectivity index (χ4n) is 0.416. The second kappa shape index (κ2) is 3.49. The summed E-state index contributed by atoms with van der Waals surface area (Å²) in [5.74, 6) is -1.12. The second-order valence-electron chi connectivity index (χ2n) is 1.65. The predicted octanol–water partition coefficient (Wildman–Crippen LogP) is -0.357. The van der Waals surface area contributed by atoms with Gasteiger partial charge in [-0.15, -0.1) is 0 Å². The number of carboxylic acid groups (broad SMARTS) is 1. The van der Waals surface area contributed by atoms with Crippen LogP contribution >= 0.6 is 0 Å². The number of carbonyl (C=O) groups is 2. The van der Waals surface area contributed by atoms with Crippen molar-refractivity contribution >= 4 is 12.0 Å². The number of hydrogen-bond acceptors (Lipinski definition) is 2. The second-order valence-corrected chi connectivity index (χ2v) is 1.65. The molecule has 0 aliphatic rings. The van der Waals surface area contributed by atoms with Crippen LogP contribution in [0.15, 0.2) is 11.8 Å². The number of rotatable bonds is 2. The Bertz CT molecular complexity index is 185. The lowest BCUT2D eigenvalue weighted by molar-refractivity contribution is -0.131. The van der Waals surface area contributed by atoms with E-state index in [1.807, 2.05) is 0 Å². The van der Waals surface area contributed by atoms with Crippen LogP contribution in [-0.2, 0) is 4.79 Å². The van der Waals surface area contributed by atoms with Gasteiger partial charge >= 0.3 is 12.0 Å². The number of hydrogen-bond donors (Lipinski definition) is 3. The standard InChI is InChI=1S/C5H8N2O3/c1-3(2-4(8)9)7-5(6)10/h2H,1H3,(H,8,9)(H3,6,7,10)/b3-2-. The van der Waals surface area contributed by atoms with Gasteiger partial charge in [0.1, 0.15) is 0 Å². The van der Waals surface area contributed by atoms with Gasteiger partial charge in [0, 0.05) is 11.8 Å². The van der Waals surface area contributed by atoms with Crippen molar-refractivity contribution in [3.05, 3.63) is 11.8 Å². The number of urea groups is 1. The van der Waals surface area contributed by atoms with E-state index < -0.39 is 12.0 Å². The predicted molar refractivity (Wildman–Crippen MR) is 34.1 cm³/mol. The molecular weight excluding hydrogens is 136 g/mol. The van der Waals surface area contributed by atoms with Crippen LogP contribution in [0.1, 0.15) is 6.92 Å². The van der Waals surface area contributed by atoms with Crippen molar-refractivity contribution in [2.24, 2.45) is 5.73 Å². The highest BCUT2D eigenvalue weighted by atomic mass is 16.4. The van der Waals surface area contributed by atoms with Gasteiger partial charge in [-0.25, -0.2) is 9.59 Å². The molecule has 0 aliphatic heterocycles. The molecule has 0 aromatic carbocycles. The van der Waals surface area contributed by atoms with E-state index in [-0.39, 0.29) is 5.70 Å². The van der Waals surface area contributed by atoms with Crippen LogP contribution in [0.4, 0.5) is 4.79 Å². The molecule has 0 unspecified atom stereocenters. The molecule has 0 aliphatic carbocycles. The van der Waals surface area contributed by atoms with Crippen molar-refractivity contribution in [1.29, 1.82) is 0 Å². The normalized spacial score (nSPS) is 10.7. The first-order valence-electron chi connectivity index (χ1n) is 2.50. The molecule has 0 rings (SSSR count). The van der Waals surface area contributed by atoms with Gasteiger partial charge in [0.15, 0.2) is 0 Å². The molecule has 0 saturated carbocycles. The fourth-order valence-corrected chi connectivity index (χ4v) is 0.416. The van der Waals surface area contributed by atoms with Crippen molar-refractivity contribution in [2.45, 2.75) is 6.92 Å². The topological polar surface area (TPSA) is 92.4 Å². The minimum absolute atomic E-state index is 0.208. The summed E-state index contributed by atoms with van der Waals surface area (Å²) in [5.41, 5.74) is 4.89. The molecule has 0 spiro atoms. The number of nitrogens with two attached hydrogens (primary N) is 1. The SMILES string of the molecule is C/C(=C/C(=O)O)NC(N)=O. The van der Waals surface area contributed by atoms with Crippen LogP contribution in [0.5, 0.6) is 0 Å². The highest BCUT2D eigenvalue weighted by Gasteiger charge is 1.94. The molecule has 0 aromatic rings. The van der Waals surface area contributed by atoms with Crippen molar-refractivity contribution < 1.29 is 14.7 Å². The number of nitrogens with one attached hydrogen (secondary N) is 1. The van der Waals surface area contributed by atoms with Gasteiger partial charge < -0.3 is 16.2 Å². The van der Waals surface area contributed by atoms with E-state index in [2.05, 4.69) is 11.1 Å². The molecule has 0 fully saturated rings. The van der Waals surface area contributed by atoms with Gasteiger partial charge in [0.25, 0.3) is 0 Å². The largest absolute Gasteiger partial charge is 0.478 e. The Labute approximate surface area is 57.5 Å². The summed E-state index contributed by atoms with van der Waals surface area (Å²) in [4.78, 5) is 20.0. The maximum Gasteiger partial charge on any atom is 0.330 e. The number of carboxylic acids is 1. The average Bonchev–Trinajstić information content (AvgIpc) is 1.58. The van der Waals surface area contributed by atoms with Gasteiger partial charge in [-0.1, -0.05) is 0 Å². The Hall–Kier alpha value is -1.52. The fraction of sp³-hybridized carbons (Fsp3) is 0.200. The highest BCUT2D eigenvalue weighted by Crippen LogP contribution is 1.83. The first-order chi connectivity index (χ1) is 4.52. The Morgan fingerprint density at radius 3 is 2.40 bits per heavy atom. The van der Waals surface area contributed by atoms with Crippen molar-refractivity contribution in [2.75, 3.05) is 0 Å². The van der Waals surface area contributed by atoms with Gasteiger partial charge in [0.05, 0.1) is 0 Å². The number of carbonyl (C=O) groups excluding carboxylic acids is 1. The van der Waals surface area contributed by atoms with E-state index in [4.69, 9.17) is 5.11 Å². The van der Waals surface area contributed by atoms with E-state index in [1.165, 1.54) is 6.92 Å². The molecule has 0 heterocycles. The molecule has 10 heavy (non-hydrogen) atoms. The number of allylic oxidation sites excluding steroid dienone is 1. The summed E-state index contributed by atoms with van der Waals surface area (Å²) in [5, 5.41) is 10.2. The molecule has 0 atom stereocenters. The van der Waals surface area contributed by atoms with Crippen LogP contribution in [0.25, 0.3) is 0 Å². The van der Waals surface area contributed by atoms with Gasteiger partial charge in [-0.3, -0.25) is 0 Å². The van der Waals surface area contributed by atoms with E-state index in [9.17, 15) is 9.59 Å². The van der Waals surface area contributed by atoms with Crippen LogP contribution in [0.3, 0.4) is 0 Å². The molecule has 0 bridgehead atoms. The van der Waals surface area contributed by atoms with E-state index in [1.54, 1.807) is 0 Å². The first kappa shape index (κ1) is 8.48. The zero-order valence-corrected chi connectivity index (χ0v) is 5.42. The lowest BCUT2D eigenvalue weighted by Crippen LogP contribution is -2.27. The third-order valence-corrected chi connectivity index (χ3v) is 0.660. The number of primary amides is 1. The number of aliphatic carboxylic acids is 1. The zero-order valence-electron chi connectivity index (χ0n) is 5.42. The Morgan fingerprint density at radius 2 is 2.10 bits per heavy atom. The van der Waals surface area contributed by atoms with Crippen molar-refractivity contribution in [3.63, 3.8) is 0 Å². The summed E-state index contributed by atoms with van der Waals surface area (Å²) in [6.45, 7) is 1.43. The molecule has 0 saturated heterocycles. The Morgan fingerprint density at radius 1 is 1.60 bits per heavy atom. The monoisotopic (exact) mass is 144 g/mol. The molecule has 56 valence electrons. The summed E-state index contributed by atoms with van der Waals surface area (Å²) in [6.07, 6.45) is 0.852. The summed E-state index contributed by atoms with van der Waals surface area (Å²) < 4.78 is 0. The minimum atomic E-state index is -1.12. The third kappa shape index (κ3) is 4.63. The van der Waals surface area contributed by atoms with E-state index in [0.29, 0.717) is 0 Å². The van der Waals surface area contributed by atoms with Crippen molar-refractivity contribution in [1.82, 2.24) is 5.32 Å². The summed E-state index contributed by atoms with van der Waals surface area (Å²) in [6, 6.07) is -0.769. The molecular formula is C5H8N2O3. The van der Waals surface area contributed by atoms with Crippen molar-refractivity contribution in [3.8, 4) is 0 Å². The molecule has 2 amide bonds. The molecule has 5 nitrogen and oxygen atoms in total. The maximum atomic E-state index is 10.1. The summed E-state index contributed by atoms with van der Waals surface area (Å²) >= 11 is 0. The highest BCUT2D eigenvalue weighted by molar-refractivity contribution is 5.82. The lowest BCUT2D eigenvalue weighted by Gasteiger charge is -1.97. The Balaban J connectivity index is 3.95. The maximum absolute atomic E-state index is 10.1. The van der Waals surface area contributed by atoms with Gasteiger partial charge in [-0.05, 0) is 6.92 Å². The first-order valence-corrected chi connectivity index (χ1v) is 2.50. The average molecular weight is 144 g/mol.